The minimum atomic E-state index is -0.602. The van der Waals surface area contributed by atoms with Crippen LogP contribution < -0.4 is 5.32 Å². The lowest BCUT2D eigenvalue weighted by molar-refractivity contribution is 0.0909. The molecule has 0 spiro atoms. The molecule has 1 atom stereocenters. The maximum Gasteiger partial charge on any atom is 0.254 e. The van der Waals surface area contributed by atoms with Crippen molar-refractivity contribution < 1.29 is 13.7 Å². The molecular formula is C18H16BrFN4O2. The summed E-state index contributed by atoms with van der Waals surface area (Å²) in [5.74, 6) is -0.570. The van der Waals surface area contributed by atoms with Gasteiger partial charge in [-0.25, -0.2) is 4.39 Å². The molecule has 1 aromatic carbocycles. The summed E-state index contributed by atoms with van der Waals surface area (Å²) in [5.41, 5.74) is 0.645. The lowest BCUT2D eigenvalue weighted by Gasteiger charge is -2.18. The van der Waals surface area contributed by atoms with Crippen molar-refractivity contribution >= 4 is 21.8 Å². The molecule has 0 aliphatic carbocycles. The van der Waals surface area contributed by atoms with Gasteiger partial charge in [0.2, 0.25) is 11.7 Å². The summed E-state index contributed by atoms with van der Waals surface area (Å²) in [6, 6.07) is 7.21. The van der Waals surface area contributed by atoms with Gasteiger partial charge in [-0.1, -0.05) is 34.9 Å². The van der Waals surface area contributed by atoms with Gasteiger partial charge < -0.3 is 9.84 Å². The van der Waals surface area contributed by atoms with E-state index in [-0.39, 0.29) is 17.4 Å². The Labute approximate surface area is 158 Å². The van der Waals surface area contributed by atoms with E-state index >= 15 is 0 Å². The van der Waals surface area contributed by atoms with Crippen molar-refractivity contribution in [1.82, 2.24) is 20.4 Å². The second-order valence-corrected chi connectivity index (χ2v) is 6.93. The third-order valence-corrected chi connectivity index (χ3v) is 4.25. The highest BCUT2D eigenvalue weighted by Crippen LogP contribution is 2.24. The number of aromatic nitrogens is 3. The SMILES string of the molecule is CC(C)C(NC(=O)c1cc(Br)ccc1F)c1nc(-c2cccnc2)no1. The van der Waals surface area contributed by atoms with Crippen LogP contribution in [0.2, 0.25) is 0 Å². The Morgan fingerprint density at radius 3 is 2.81 bits per heavy atom. The minimum absolute atomic E-state index is 0.0450. The fraction of sp³-hybridized carbons (Fsp3) is 0.222. The molecule has 3 rings (SSSR count). The molecule has 0 aliphatic rings. The Morgan fingerprint density at radius 1 is 1.31 bits per heavy atom. The lowest BCUT2D eigenvalue weighted by atomic mass is 10.0. The highest BCUT2D eigenvalue weighted by atomic mass is 79.9. The van der Waals surface area contributed by atoms with Gasteiger partial charge >= 0.3 is 0 Å². The first-order chi connectivity index (χ1) is 12.5. The van der Waals surface area contributed by atoms with Crippen molar-refractivity contribution in [2.75, 3.05) is 0 Å². The van der Waals surface area contributed by atoms with Crippen molar-refractivity contribution in [3.05, 3.63) is 64.5 Å². The molecule has 0 bridgehead atoms. The predicted octanol–water partition coefficient (Wildman–Crippen LogP) is 4.16. The normalized spacial score (nSPS) is 12.2. The Morgan fingerprint density at radius 2 is 2.12 bits per heavy atom. The summed E-state index contributed by atoms with van der Waals surface area (Å²) < 4.78 is 19.9. The standard InChI is InChI=1S/C18H16BrFN4O2/c1-10(2)15(22-17(25)13-8-12(19)5-6-14(13)20)18-23-16(24-26-18)11-4-3-7-21-9-11/h3-10,15H,1-2H3,(H,22,25). The van der Waals surface area contributed by atoms with Gasteiger partial charge in [-0.3, -0.25) is 9.78 Å². The van der Waals surface area contributed by atoms with E-state index in [1.165, 1.54) is 18.2 Å². The highest BCUT2D eigenvalue weighted by Gasteiger charge is 2.26. The molecular weight excluding hydrogens is 403 g/mol. The number of carbonyl (C=O) groups is 1. The molecule has 6 nitrogen and oxygen atoms in total. The Kier molecular flexibility index (Phi) is 5.41. The van der Waals surface area contributed by atoms with Crippen molar-refractivity contribution in [3.8, 4) is 11.4 Å². The number of rotatable bonds is 5. The van der Waals surface area contributed by atoms with Gasteiger partial charge in [-0.2, -0.15) is 4.98 Å². The number of carbonyl (C=O) groups excluding carboxylic acids is 1. The summed E-state index contributed by atoms with van der Waals surface area (Å²) in [6.45, 7) is 3.80. The van der Waals surface area contributed by atoms with Gasteiger partial charge in [0.05, 0.1) is 5.56 Å². The van der Waals surface area contributed by atoms with Crippen LogP contribution in [0.5, 0.6) is 0 Å². The molecule has 1 N–H and O–H groups in total. The van der Waals surface area contributed by atoms with Gasteiger partial charge in [0.25, 0.3) is 5.91 Å². The number of nitrogens with one attached hydrogen (secondary N) is 1. The minimum Gasteiger partial charge on any atom is -0.340 e. The van der Waals surface area contributed by atoms with Crippen molar-refractivity contribution in [2.45, 2.75) is 19.9 Å². The van der Waals surface area contributed by atoms with E-state index in [1.807, 2.05) is 19.9 Å². The maximum atomic E-state index is 14.0. The molecule has 1 amide bonds. The number of hydrogen-bond donors (Lipinski definition) is 1. The number of hydrogen-bond acceptors (Lipinski definition) is 5. The molecule has 0 saturated heterocycles. The molecule has 0 saturated carbocycles. The van der Waals surface area contributed by atoms with Crippen LogP contribution in [-0.4, -0.2) is 21.0 Å². The maximum absolute atomic E-state index is 14.0. The first-order valence-corrected chi connectivity index (χ1v) is 8.75. The zero-order valence-electron chi connectivity index (χ0n) is 14.1. The Hall–Kier alpha value is -2.61. The zero-order chi connectivity index (χ0) is 18.7. The monoisotopic (exact) mass is 418 g/mol. The average molecular weight is 419 g/mol. The van der Waals surface area contributed by atoms with Gasteiger partial charge in [-0.15, -0.1) is 0 Å². The van der Waals surface area contributed by atoms with Crippen molar-refractivity contribution in [1.29, 1.82) is 0 Å². The van der Waals surface area contributed by atoms with Crippen LogP contribution in [0, 0.1) is 11.7 Å². The molecule has 2 heterocycles. The molecule has 134 valence electrons. The molecule has 26 heavy (non-hydrogen) atoms. The number of amides is 1. The third-order valence-electron chi connectivity index (χ3n) is 3.75. The molecule has 0 aliphatic heterocycles. The van der Waals surface area contributed by atoms with E-state index < -0.39 is 17.8 Å². The summed E-state index contributed by atoms with van der Waals surface area (Å²) in [4.78, 5) is 20.9. The van der Waals surface area contributed by atoms with Crippen LogP contribution in [0.1, 0.15) is 36.1 Å². The number of nitrogens with zero attached hydrogens (tertiary/aromatic N) is 3. The van der Waals surface area contributed by atoms with E-state index in [1.54, 1.807) is 18.5 Å². The predicted molar refractivity (Wildman–Crippen MR) is 96.7 cm³/mol. The van der Waals surface area contributed by atoms with Gasteiger partial charge in [0, 0.05) is 22.4 Å². The molecule has 3 aromatic rings. The quantitative estimate of drug-likeness (QED) is 0.672. The van der Waals surface area contributed by atoms with Crippen LogP contribution in [0.4, 0.5) is 4.39 Å². The van der Waals surface area contributed by atoms with Crippen LogP contribution in [0.25, 0.3) is 11.4 Å². The van der Waals surface area contributed by atoms with E-state index in [0.29, 0.717) is 15.9 Å². The number of pyridine rings is 1. The summed E-state index contributed by atoms with van der Waals surface area (Å²) in [5, 5.41) is 6.71. The fourth-order valence-electron chi connectivity index (χ4n) is 2.38. The van der Waals surface area contributed by atoms with E-state index in [9.17, 15) is 9.18 Å². The largest absolute Gasteiger partial charge is 0.340 e. The smallest absolute Gasteiger partial charge is 0.254 e. The summed E-state index contributed by atoms with van der Waals surface area (Å²) >= 11 is 3.24. The summed E-state index contributed by atoms with van der Waals surface area (Å²) in [7, 11) is 0. The first kappa shape index (κ1) is 18.2. The topological polar surface area (TPSA) is 80.9 Å². The number of benzene rings is 1. The number of halogens is 2. The van der Waals surface area contributed by atoms with Gasteiger partial charge in [-0.05, 0) is 36.2 Å². The molecule has 0 radical (unpaired) electrons. The molecule has 0 fully saturated rings. The van der Waals surface area contributed by atoms with Crippen LogP contribution in [-0.2, 0) is 0 Å². The van der Waals surface area contributed by atoms with Crippen molar-refractivity contribution in [2.24, 2.45) is 5.92 Å². The Balaban J connectivity index is 1.85. The first-order valence-electron chi connectivity index (χ1n) is 7.95. The molecule has 8 heteroatoms. The fourth-order valence-corrected chi connectivity index (χ4v) is 2.74. The van der Waals surface area contributed by atoms with E-state index in [4.69, 9.17) is 4.52 Å². The van der Waals surface area contributed by atoms with E-state index in [0.717, 1.165) is 0 Å². The second kappa shape index (κ2) is 7.74. The van der Waals surface area contributed by atoms with Crippen LogP contribution in [0.3, 0.4) is 0 Å². The van der Waals surface area contributed by atoms with Crippen molar-refractivity contribution in [3.63, 3.8) is 0 Å². The molecule has 1 unspecified atom stereocenters. The highest BCUT2D eigenvalue weighted by molar-refractivity contribution is 9.10. The summed E-state index contributed by atoms with van der Waals surface area (Å²) in [6.07, 6.45) is 3.27. The zero-order valence-corrected chi connectivity index (χ0v) is 15.7. The van der Waals surface area contributed by atoms with Crippen LogP contribution in [0.15, 0.2) is 51.7 Å². The lowest BCUT2D eigenvalue weighted by Crippen LogP contribution is -2.32. The third kappa shape index (κ3) is 3.96. The van der Waals surface area contributed by atoms with Crippen LogP contribution >= 0.6 is 15.9 Å². The van der Waals surface area contributed by atoms with Gasteiger partial charge in [0.1, 0.15) is 11.9 Å². The van der Waals surface area contributed by atoms with E-state index in [2.05, 4.69) is 36.4 Å². The second-order valence-electron chi connectivity index (χ2n) is 6.02. The van der Waals surface area contributed by atoms with Gasteiger partial charge in [0.15, 0.2) is 0 Å². The Bertz CT molecular complexity index is 915. The molecule has 2 aromatic heterocycles. The average Bonchev–Trinajstić information content (AvgIpc) is 3.11.